The summed E-state index contributed by atoms with van der Waals surface area (Å²) in [5.74, 6) is -1.33. The van der Waals surface area contributed by atoms with Crippen molar-refractivity contribution < 1.29 is 14.7 Å². The van der Waals surface area contributed by atoms with Crippen molar-refractivity contribution in [3.63, 3.8) is 0 Å². The second-order valence-corrected chi connectivity index (χ2v) is 3.79. The van der Waals surface area contributed by atoms with Crippen molar-refractivity contribution in [1.82, 2.24) is 5.32 Å². The molecule has 1 aromatic rings. The molecule has 1 aromatic carbocycles. The lowest BCUT2D eigenvalue weighted by Gasteiger charge is -2.12. The highest BCUT2D eigenvalue weighted by molar-refractivity contribution is 5.84. The van der Waals surface area contributed by atoms with Crippen molar-refractivity contribution >= 4 is 17.6 Å². The van der Waals surface area contributed by atoms with Crippen LogP contribution in [0.2, 0.25) is 0 Å². The van der Waals surface area contributed by atoms with Crippen LogP contribution in [-0.4, -0.2) is 23.0 Å². The molecule has 92 valence electrons. The molecule has 0 unspecified atom stereocenters. The first kappa shape index (κ1) is 13.0. The average Bonchev–Trinajstić information content (AvgIpc) is 2.25. The molecule has 0 radical (unpaired) electrons. The fourth-order valence-electron chi connectivity index (χ4n) is 1.47. The normalized spacial score (nSPS) is 11.8. The molecule has 0 aromatic heterocycles. The Morgan fingerprint density at radius 1 is 1.47 bits per heavy atom. The number of hydrogen-bond acceptors (Lipinski definition) is 3. The summed E-state index contributed by atoms with van der Waals surface area (Å²) in [7, 11) is 0. The van der Waals surface area contributed by atoms with E-state index in [0.717, 1.165) is 5.56 Å². The number of aliphatic carboxylic acids is 1. The lowest BCUT2D eigenvalue weighted by atomic mass is 10.1. The predicted molar refractivity (Wildman–Crippen MR) is 64.4 cm³/mol. The highest BCUT2D eigenvalue weighted by Crippen LogP contribution is 2.07. The Balaban J connectivity index is 2.58. The van der Waals surface area contributed by atoms with E-state index in [1.807, 2.05) is 0 Å². The van der Waals surface area contributed by atoms with Gasteiger partial charge in [-0.15, -0.1) is 0 Å². The minimum absolute atomic E-state index is 0.134. The van der Waals surface area contributed by atoms with E-state index in [-0.39, 0.29) is 12.3 Å². The monoisotopic (exact) mass is 236 g/mol. The molecular weight excluding hydrogens is 220 g/mol. The first-order valence-electron chi connectivity index (χ1n) is 5.39. The van der Waals surface area contributed by atoms with Gasteiger partial charge in [-0.2, -0.15) is 0 Å². The fourth-order valence-corrected chi connectivity index (χ4v) is 1.47. The number of amides is 1. The zero-order chi connectivity index (χ0) is 12.8. The molecule has 1 atom stereocenters. The van der Waals surface area contributed by atoms with Crippen LogP contribution in [0.4, 0.5) is 5.69 Å². The van der Waals surface area contributed by atoms with E-state index >= 15 is 0 Å². The summed E-state index contributed by atoms with van der Waals surface area (Å²) in [5.41, 5.74) is 6.93. The SMILES string of the molecule is CC[C@H](NC(=O)Cc1cccc(N)c1)C(=O)O. The van der Waals surface area contributed by atoms with Crippen LogP contribution in [-0.2, 0) is 16.0 Å². The molecule has 0 spiro atoms. The van der Waals surface area contributed by atoms with Gasteiger partial charge in [0.2, 0.25) is 5.91 Å². The molecule has 0 heterocycles. The molecule has 0 aliphatic rings. The minimum Gasteiger partial charge on any atom is -0.480 e. The molecule has 0 bridgehead atoms. The number of carboxylic acid groups (broad SMARTS) is 1. The Hall–Kier alpha value is -2.04. The molecule has 4 N–H and O–H groups in total. The van der Waals surface area contributed by atoms with Gasteiger partial charge in [-0.3, -0.25) is 4.79 Å². The van der Waals surface area contributed by atoms with Gasteiger partial charge in [0.25, 0.3) is 0 Å². The average molecular weight is 236 g/mol. The molecule has 1 amide bonds. The lowest BCUT2D eigenvalue weighted by Crippen LogP contribution is -2.40. The van der Waals surface area contributed by atoms with E-state index in [2.05, 4.69) is 5.32 Å². The molecule has 5 heteroatoms. The third-order valence-electron chi connectivity index (χ3n) is 2.36. The molecule has 0 fully saturated rings. The molecular formula is C12H16N2O3. The Labute approximate surface area is 99.6 Å². The highest BCUT2D eigenvalue weighted by atomic mass is 16.4. The number of benzene rings is 1. The van der Waals surface area contributed by atoms with E-state index in [0.29, 0.717) is 12.1 Å². The predicted octanol–water partition coefficient (Wildman–Crippen LogP) is 0.791. The van der Waals surface area contributed by atoms with E-state index in [4.69, 9.17) is 10.8 Å². The zero-order valence-corrected chi connectivity index (χ0v) is 9.64. The van der Waals surface area contributed by atoms with Crippen molar-refractivity contribution in [2.45, 2.75) is 25.8 Å². The number of hydrogen-bond donors (Lipinski definition) is 3. The standard InChI is InChI=1S/C12H16N2O3/c1-2-10(12(16)17)14-11(15)7-8-4-3-5-9(13)6-8/h3-6,10H,2,7,13H2,1H3,(H,14,15)(H,16,17)/t10-/m0/s1. The van der Waals surface area contributed by atoms with Crippen LogP contribution < -0.4 is 11.1 Å². The second kappa shape index (κ2) is 5.89. The van der Waals surface area contributed by atoms with Crippen molar-refractivity contribution in [2.24, 2.45) is 0 Å². The maximum Gasteiger partial charge on any atom is 0.326 e. The van der Waals surface area contributed by atoms with Crippen molar-refractivity contribution in [3.05, 3.63) is 29.8 Å². The summed E-state index contributed by atoms with van der Waals surface area (Å²) >= 11 is 0. The number of carbonyl (C=O) groups excluding carboxylic acids is 1. The zero-order valence-electron chi connectivity index (χ0n) is 9.64. The van der Waals surface area contributed by atoms with Gasteiger partial charge in [0, 0.05) is 5.69 Å². The van der Waals surface area contributed by atoms with Gasteiger partial charge < -0.3 is 16.2 Å². The Morgan fingerprint density at radius 2 is 2.18 bits per heavy atom. The summed E-state index contributed by atoms with van der Waals surface area (Å²) in [5, 5.41) is 11.3. The van der Waals surface area contributed by atoms with Crippen molar-refractivity contribution in [3.8, 4) is 0 Å². The first-order chi connectivity index (χ1) is 8.02. The summed E-state index contributed by atoms with van der Waals surface area (Å²) in [4.78, 5) is 22.3. The largest absolute Gasteiger partial charge is 0.480 e. The Bertz CT molecular complexity index is 418. The number of nitrogens with two attached hydrogens (primary N) is 1. The molecule has 1 rings (SSSR count). The van der Waals surface area contributed by atoms with Crippen molar-refractivity contribution in [1.29, 1.82) is 0 Å². The van der Waals surface area contributed by atoms with E-state index < -0.39 is 12.0 Å². The topological polar surface area (TPSA) is 92.4 Å². The molecule has 0 aliphatic heterocycles. The maximum absolute atomic E-state index is 11.6. The summed E-state index contributed by atoms with van der Waals surface area (Å²) in [6, 6.07) is 6.13. The molecule has 0 aliphatic carbocycles. The summed E-state index contributed by atoms with van der Waals surface area (Å²) in [6.45, 7) is 1.71. The van der Waals surface area contributed by atoms with Crippen LogP contribution in [0.5, 0.6) is 0 Å². The Morgan fingerprint density at radius 3 is 2.71 bits per heavy atom. The first-order valence-corrected chi connectivity index (χ1v) is 5.39. The van der Waals surface area contributed by atoms with Crippen LogP contribution in [0.15, 0.2) is 24.3 Å². The Kier molecular flexibility index (Phi) is 4.51. The number of carbonyl (C=O) groups is 2. The quantitative estimate of drug-likeness (QED) is 0.659. The van der Waals surface area contributed by atoms with Gasteiger partial charge in [-0.25, -0.2) is 4.79 Å². The highest BCUT2D eigenvalue weighted by Gasteiger charge is 2.17. The third-order valence-corrected chi connectivity index (χ3v) is 2.36. The number of nitrogen functional groups attached to an aromatic ring is 1. The third kappa shape index (κ3) is 4.14. The molecule has 0 saturated carbocycles. The van der Waals surface area contributed by atoms with Crippen LogP contribution in [0, 0.1) is 0 Å². The van der Waals surface area contributed by atoms with E-state index in [9.17, 15) is 9.59 Å². The van der Waals surface area contributed by atoms with E-state index in [1.54, 1.807) is 31.2 Å². The minimum atomic E-state index is -1.02. The van der Waals surface area contributed by atoms with Crippen LogP contribution in [0.3, 0.4) is 0 Å². The maximum atomic E-state index is 11.6. The number of rotatable bonds is 5. The van der Waals surface area contributed by atoms with Crippen LogP contribution >= 0.6 is 0 Å². The molecule has 5 nitrogen and oxygen atoms in total. The fraction of sp³-hybridized carbons (Fsp3) is 0.333. The van der Waals surface area contributed by atoms with Gasteiger partial charge in [0.15, 0.2) is 0 Å². The van der Waals surface area contributed by atoms with Crippen LogP contribution in [0.25, 0.3) is 0 Å². The lowest BCUT2D eigenvalue weighted by molar-refractivity contribution is -0.141. The van der Waals surface area contributed by atoms with Gasteiger partial charge in [-0.05, 0) is 24.1 Å². The number of carboxylic acids is 1. The summed E-state index contributed by atoms with van der Waals surface area (Å²) in [6.07, 6.45) is 0.493. The van der Waals surface area contributed by atoms with Crippen molar-refractivity contribution in [2.75, 3.05) is 5.73 Å². The molecule has 0 saturated heterocycles. The smallest absolute Gasteiger partial charge is 0.326 e. The summed E-state index contributed by atoms with van der Waals surface area (Å²) < 4.78 is 0. The van der Waals surface area contributed by atoms with Gasteiger partial charge in [-0.1, -0.05) is 19.1 Å². The van der Waals surface area contributed by atoms with Gasteiger partial charge in [0.05, 0.1) is 6.42 Å². The number of anilines is 1. The number of nitrogens with one attached hydrogen (secondary N) is 1. The van der Waals surface area contributed by atoms with Gasteiger partial charge >= 0.3 is 5.97 Å². The molecule has 17 heavy (non-hydrogen) atoms. The van der Waals surface area contributed by atoms with E-state index in [1.165, 1.54) is 0 Å². The second-order valence-electron chi connectivity index (χ2n) is 3.79. The van der Waals surface area contributed by atoms with Gasteiger partial charge in [0.1, 0.15) is 6.04 Å². The van der Waals surface area contributed by atoms with Crippen LogP contribution in [0.1, 0.15) is 18.9 Å².